The van der Waals surface area contributed by atoms with Crippen molar-refractivity contribution < 1.29 is 23.0 Å². The average molecular weight is 235 g/mol. The van der Waals surface area contributed by atoms with Crippen LogP contribution in [0, 0.1) is 0 Å². The SMILES string of the molecule is CCOc1c(O)cccc1[C@H](N)C(F)(F)F. The Kier molecular flexibility index (Phi) is 3.64. The fraction of sp³-hybridized carbons (Fsp3) is 0.400. The Labute approximate surface area is 90.6 Å². The number of ether oxygens (including phenoxy) is 1. The summed E-state index contributed by atoms with van der Waals surface area (Å²) in [7, 11) is 0. The Balaban J connectivity index is 3.17. The summed E-state index contributed by atoms with van der Waals surface area (Å²) in [5, 5.41) is 9.39. The summed E-state index contributed by atoms with van der Waals surface area (Å²) in [5.41, 5.74) is 4.79. The number of halogens is 3. The molecule has 0 heterocycles. The van der Waals surface area contributed by atoms with Crippen molar-refractivity contribution in [3.05, 3.63) is 23.8 Å². The third-order valence-electron chi connectivity index (χ3n) is 2.00. The van der Waals surface area contributed by atoms with Crippen molar-refractivity contribution in [2.24, 2.45) is 5.73 Å². The van der Waals surface area contributed by atoms with Gasteiger partial charge in [-0.1, -0.05) is 12.1 Å². The zero-order valence-corrected chi connectivity index (χ0v) is 8.58. The number of rotatable bonds is 3. The molecule has 6 heteroatoms. The van der Waals surface area contributed by atoms with Gasteiger partial charge in [-0.2, -0.15) is 13.2 Å². The molecule has 0 aliphatic heterocycles. The summed E-state index contributed by atoms with van der Waals surface area (Å²) in [6.07, 6.45) is -4.57. The van der Waals surface area contributed by atoms with E-state index < -0.39 is 12.2 Å². The van der Waals surface area contributed by atoms with Crippen molar-refractivity contribution in [3.63, 3.8) is 0 Å². The van der Waals surface area contributed by atoms with E-state index in [1.807, 2.05) is 0 Å². The number of phenols is 1. The van der Waals surface area contributed by atoms with Crippen LogP contribution in [0.3, 0.4) is 0 Å². The molecule has 1 atom stereocenters. The van der Waals surface area contributed by atoms with Crippen LogP contribution in [-0.4, -0.2) is 17.9 Å². The number of para-hydroxylation sites is 1. The normalized spacial score (nSPS) is 13.6. The van der Waals surface area contributed by atoms with Crippen molar-refractivity contribution in [2.75, 3.05) is 6.61 Å². The maximum atomic E-state index is 12.4. The quantitative estimate of drug-likeness (QED) is 0.845. The van der Waals surface area contributed by atoms with E-state index in [9.17, 15) is 18.3 Å². The van der Waals surface area contributed by atoms with Gasteiger partial charge >= 0.3 is 6.18 Å². The number of nitrogens with two attached hydrogens (primary N) is 1. The van der Waals surface area contributed by atoms with Crippen LogP contribution >= 0.6 is 0 Å². The number of hydrogen-bond acceptors (Lipinski definition) is 3. The standard InChI is InChI=1S/C10H12F3NO2/c1-2-16-8-6(4-3-5-7(8)15)9(14)10(11,12)13/h3-5,9,15H,2,14H2,1H3/t9-/m0/s1. The molecule has 0 unspecified atom stereocenters. The topological polar surface area (TPSA) is 55.5 Å². The molecule has 3 N–H and O–H groups in total. The van der Waals surface area contributed by atoms with Crippen molar-refractivity contribution >= 4 is 0 Å². The van der Waals surface area contributed by atoms with Crippen LogP contribution in [0.25, 0.3) is 0 Å². The highest BCUT2D eigenvalue weighted by atomic mass is 19.4. The van der Waals surface area contributed by atoms with Gasteiger partial charge in [0.2, 0.25) is 0 Å². The predicted octanol–water partition coefficient (Wildman–Crippen LogP) is 2.35. The summed E-state index contributed by atoms with van der Waals surface area (Å²) in [4.78, 5) is 0. The fourth-order valence-corrected chi connectivity index (χ4v) is 1.27. The summed E-state index contributed by atoms with van der Waals surface area (Å²) >= 11 is 0. The van der Waals surface area contributed by atoms with Gasteiger partial charge in [0.25, 0.3) is 0 Å². The van der Waals surface area contributed by atoms with Crippen LogP contribution in [0.4, 0.5) is 13.2 Å². The number of hydrogen-bond donors (Lipinski definition) is 2. The number of benzene rings is 1. The molecular formula is C10H12F3NO2. The highest BCUT2D eigenvalue weighted by molar-refractivity contribution is 5.47. The van der Waals surface area contributed by atoms with E-state index in [4.69, 9.17) is 10.5 Å². The Morgan fingerprint density at radius 3 is 2.56 bits per heavy atom. The van der Waals surface area contributed by atoms with Crippen LogP contribution in [0.1, 0.15) is 18.5 Å². The second-order valence-corrected chi connectivity index (χ2v) is 3.15. The Morgan fingerprint density at radius 2 is 2.06 bits per heavy atom. The van der Waals surface area contributed by atoms with Gasteiger partial charge in [0.15, 0.2) is 11.5 Å². The van der Waals surface area contributed by atoms with Crippen molar-refractivity contribution in [1.29, 1.82) is 0 Å². The molecule has 0 radical (unpaired) electrons. The molecule has 0 amide bonds. The second kappa shape index (κ2) is 4.61. The van der Waals surface area contributed by atoms with Gasteiger partial charge in [-0.15, -0.1) is 0 Å². The molecule has 0 saturated heterocycles. The molecule has 0 spiro atoms. The Morgan fingerprint density at radius 1 is 1.44 bits per heavy atom. The van der Waals surface area contributed by atoms with E-state index in [1.54, 1.807) is 6.92 Å². The van der Waals surface area contributed by atoms with Gasteiger partial charge in [0.05, 0.1) is 6.61 Å². The highest BCUT2D eigenvalue weighted by Gasteiger charge is 2.39. The minimum atomic E-state index is -4.57. The zero-order valence-electron chi connectivity index (χ0n) is 8.58. The van der Waals surface area contributed by atoms with E-state index in [0.717, 1.165) is 0 Å². The van der Waals surface area contributed by atoms with E-state index in [-0.39, 0.29) is 23.7 Å². The van der Waals surface area contributed by atoms with Gasteiger partial charge in [-0.25, -0.2) is 0 Å². The van der Waals surface area contributed by atoms with E-state index in [2.05, 4.69) is 0 Å². The van der Waals surface area contributed by atoms with E-state index in [1.165, 1.54) is 18.2 Å². The molecular weight excluding hydrogens is 223 g/mol. The van der Waals surface area contributed by atoms with Gasteiger partial charge in [-0.3, -0.25) is 0 Å². The van der Waals surface area contributed by atoms with Gasteiger partial charge in [-0.05, 0) is 13.0 Å². The first-order valence-corrected chi connectivity index (χ1v) is 4.65. The molecule has 0 aromatic heterocycles. The molecule has 0 aliphatic rings. The van der Waals surface area contributed by atoms with Gasteiger partial charge in [0.1, 0.15) is 6.04 Å². The summed E-state index contributed by atoms with van der Waals surface area (Å²) in [6, 6.07) is 1.56. The summed E-state index contributed by atoms with van der Waals surface area (Å²) in [5.74, 6) is -0.561. The average Bonchev–Trinajstić information content (AvgIpc) is 2.19. The smallest absolute Gasteiger partial charge is 0.407 e. The van der Waals surface area contributed by atoms with Gasteiger partial charge in [0, 0.05) is 5.56 Å². The molecule has 1 rings (SSSR count). The monoisotopic (exact) mass is 235 g/mol. The lowest BCUT2D eigenvalue weighted by atomic mass is 10.1. The third kappa shape index (κ3) is 2.57. The predicted molar refractivity (Wildman–Crippen MR) is 52.3 cm³/mol. The Bertz CT molecular complexity index is 366. The zero-order chi connectivity index (χ0) is 12.3. The first-order chi connectivity index (χ1) is 7.38. The van der Waals surface area contributed by atoms with Crippen LogP contribution in [0.15, 0.2) is 18.2 Å². The third-order valence-corrected chi connectivity index (χ3v) is 2.00. The maximum absolute atomic E-state index is 12.4. The van der Waals surface area contributed by atoms with Crippen LogP contribution < -0.4 is 10.5 Å². The minimum absolute atomic E-state index is 0.148. The van der Waals surface area contributed by atoms with Gasteiger partial charge < -0.3 is 15.6 Å². The van der Waals surface area contributed by atoms with Crippen LogP contribution in [0.2, 0.25) is 0 Å². The molecule has 0 fully saturated rings. The molecule has 0 bridgehead atoms. The van der Waals surface area contributed by atoms with Crippen molar-refractivity contribution in [3.8, 4) is 11.5 Å². The van der Waals surface area contributed by atoms with E-state index in [0.29, 0.717) is 0 Å². The van der Waals surface area contributed by atoms with Crippen molar-refractivity contribution in [1.82, 2.24) is 0 Å². The minimum Gasteiger partial charge on any atom is -0.504 e. The molecule has 90 valence electrons. The van der Waals surface area contributed by atoms with Crippen LogP contribution in [0.5, 0.6) is 11.5 Å². The number of phenolic OH excluding ortho intramolecular Hbond substituents is 1. The Hall–Kier alpha value is -1.43. The van der Waals surface area contributed by atoms with Crippen molar-refractivity contribution in [2.45, 2.75) is 19.1 Å². The largest absolute Gasteiger partial charge is 0.504 e. The molecule has 0 aliphatic carbocycles. The number of aromatic hydroxyl groups is 1. The summed E-state index contributed by atoms with van der Waals surface area (Å²) < 4.78 is 42.2. The molecule has 16 heavy (non-hydrogen) atoms. The summed E-state index contributed by atoms with van der Waals surface area (Å²) in [6.45, 7) is 1.75. The van der Waals surface area contributed by atoms with E-state index >= 15 is 0 Å². The molecule has 1 aromatic rings. The highest BCUT2D eigenvalue weighted by Crippen LogP contribution is 2.39. The lowest BCUT2D eigenvalue weighted by Crippen LogP contribution is -2.28. The first-order valence-electron chi connectivity index (χ1n) is 4.65. The molecule has 1 aromatic carbocycles. The molecule has 0 saturated carbocycles. The maximum Gasteiger partial charge on any atom is 0.407 e. The first kappa shape index (κ1) is 12.6. The number of alkyl halides is 3. The van der Waals surface area contributed by atoms with Crippen LogP contribution in [-0.2, 0) is 0 Å². The lowest BCUT2D eigenvalue weighted by Gasteiger charge is -2.19. The fourth-order valence-electron chi connectivity index (χ4n) is 1.27. The second-order valence-electron chi connectivity index (χ2n) is 3.15. The molecule has 3 nitrogen and oxygen atoms in total. The lowest BCUT2D eigenvalue weighted by molar-refractivity contribution is -0.149.